The van der Waals surface area contributed by atoms with E-state index in [1.54, 1.807) is 6.07 Å². The zero-order valence-electron chi connectivity index (χ0n) is 15.3. The summed E-state index contributed by atoms with van der Waals surface area (Å²) in [7, 11) is 0. The predicted molar refractivity (Wildman–Crippen MR) is 103 cm³/mol. The first-order valence-corrected chi connectivity index (χ1v) is 9.80. The van der Waals surface area contributed by atoms with Crippen molar-refractivity contribution in [1.82, 2.24) is 0 Å². The van der Waals surface area contributed by atoms with Crippen LogP contribution in [0, 0.1) is 35.2 Å². The first-order valence-electron chi connectivity index (χ1n) is 9.42. The Labute approximate surface area is 163 Å². The van der Waals surface area contributed by atoms with Crippen LogP contribution in [0.5, 0.6) is 0 Å². The van der Waals surface area contributed by atoms with Crippen LogP contribution >= 0.6 is 11.6 Å². The molecule has 0 nitrogen and oxygen atoms in total. The largest absolute Gasteiger partial charge is 0.206 e. The zero-order valence-corrected chi connectivity index (χ0v) is 16.1. The Balaban J connectivity index is 1.65. The van der Waals surface area contributed by atoms with Gasteiger partial charge in [0.25, 0.3) is 0 Å². The summed E-state index contributed by atoms with van der Waals surface area (Å²) in [5, 5.41) is 0.132. The van der Waals surface area contributed by atoms with Gasteiger partial charge in [0, 0.05) is 5.92 Å². The molecule has 0 spiro atoms. The highest BCUT2D eigenvalue weighted by Crippen LogP contribution is 2.36. The summed E-state index contributed by atoms with van der Waals surface area (Å²) in [5.74, 6) is 4.56. The lowest BCUT2D eigenvalue weighted by molar-refractivity contribution is 0.384. The summed E-state index contributed by atoms with van der Waals surface area (Å²) in [4.78, 5) is 0. The average Bonchev–Trinajstić information content (AvgIpc) is 2.64. The maximum absolute atomic E-state index is 14.2. The second-order valence-electron chi connectivity index (χ2n) is 7.18. The molecule has 142 valence electrons. The highest BCUT2D eigenvalue weighted by atomic mass is 35.5. The van der Waals surface area contributed by atoms with E-state index in [4.69, 9.17) is 11.6 Å². The molecule has 1 aliphatic rings. The van der Waals surface area contributed by atoms with Gasteiger partial charge in [-0.1, -0.05) is 42.9 Å². The van der Waals surface area contributed by atoms with Crippen LogP contribution < -0.4 is 0 Å². The summed E-state index contributed by atoms with van der Waals surface area (Å²) in [6.07, 6.45) is 4.90. The molecule has 0 N–H and O–H groups in total. The fraction of sp³-hybridized carbons (Fsp3) is 0.391. The van der Waals surface area contributed by atoms with Crippen LogP contribution in [-0.4, -0.2) is 0 Å². The van der Waals surface area contributed by atoms with Gasteiger partial charge in [-0.05, 0) is 73.4 Å². The first-order chi connectivity index (χ1) is 13.0. The highest BCUT2D eigenvalue weighted by molar-refractivity contribution is 6.30. The van der Waals surface area contributed by atoms with Crippen molar-refractivity contribution in [2.75, 3.05) is 0 Å². The molecule has 0 aromatic heterocycles. The van der Waals surface area contributed by atoms with Crippen molar-refractivity contribution in [3.05, 3.63) is 69.5 Å². The van der Waals surface area contributed by atoms with Gasteiger partial charge in [0.1, 0.15) is 17.5 Å². The lowest BCUT2D eigenvalue weighted by Gasteiger charge is -2.26. The molecule has 2 aromatic rings. The van der Waals surface area contributed by atoms with Gasteiger partial charge in [-0.15, -0.1) is 0 Å². The summed E-state index contributed by atoms with van der Waals surface area (Å²) in [6, 6.07) is 7.71. The number of hydrogen-bond acceptors (Lipinski definition) is 0. The quantitative estimate of drug-likeness (QED) is 0.493. The Kier molecular flexibility index (Phi) is 6.50. The first kappa shape index (κ1) is 19.8. The van der Waals surface area contributed by atoms with Crippen molar-refractivity contribution in [2.24, 2.45) is 5.92 Å². The van der Waals surface area contributed by atoms with Crippen molar-refractivity contribution in [2.45, 2.75) is 51.4 Å². The van der Waals surface area contributed by atoms with Crippen LogP contribution in [0.15, 0.2) is 30.3 Å². The Morgan fingerprint density at radius 3 is 2.22 bits per heavy atom. The molecule has 1 fully saturated rings. The third-order valence-corrected chi connectivity index (χ3v) is 5.49. The number of benzene rings is 2. The monoisotopic (exact) mass is 390 g/mol. The molecule has 0 atom stereocenters. The molecule has 1 aliphatic carbocycles. The van der Waals surface area contributed by atoms with Crippen LogP contribution in [0.25, 0.3) is 0 Å². The van der Waals surface area contributed by atoms with Gasteiger partial charge in [0.2, 0.25) is 0 Å². The number of halogens is 4. The second kappa shape index (κ2) is 8.85. The summed E-state index contributed by atoms with van der Waals surface area (Å²) in [6.45, 7) is 1.97. The number of rotatable bonds is 3. The fourth-order valence-corrected chi connectivity index (χ4v) is 3.81. The lowest BCUT2D eigenvalue weighted by atomic mass is 9.79. The minimum Gasteiger partial charge on any atom is -0.206 e. The SMILES string of the molecule is CCCc1cc(F)c(C#C[C@H]2CC[C@H](c3ccc(Cl)c(F)c3)CC2)c(F)c1. The lowest BCUT2D eigenvalue weighted by Crippen LogP contribution is -2.12. The molecular formula is C23H22ClF3. The molecular weight excluding hydrogens is 369 g/mol. The van der Waals surface area contributed by atoms with E-state index in [-0.39, 0.29) is 22.4 Å². The van der Waals surface area contributed by atoms with Crippen LogP contribution in [0.1, 0.15) is 61.6 Å². The molecule has 2 aromatic carbocycles. The normalized spacial score (nSPS) is 19.4. The smallest absolute Gasteiger partial charge is 0.142 e. The Morgan fingerprint density at radius 1 is 0.963 bits per heavy atom. The van der Waals surface area contributed by atoms with Gasteiger partial charge in [0.05, 0.1) is 10.6 Å². The average molecular weight is 391 g/mol. The van der Waals surface area contributed by atoms with E-state index in [0.717, 1.165) is 37.7 Å². The van der Waals surface area contributed by atoms with E-state index < -0.39 is 17.5 Å². The van der Waals surface area contributed by atoms with Crippen molar-refractivity contribution in [1.29, 1.82) is 0 Å². The van der Waals surface area contributed by atoms with Crippen LogP contribution in [-0.2, 0) is 6.42 Å². The van der Waals surface area contributed by atoms with E-state index in [9.17, 15) is 13.2 Å². The van der Waals surface area contributed by atoms with Crippen molar-refractivity contribution >= 4 is 11.6 Å². The Hall–Kier alpha value is -1.92. The van der Waals surface area contributed by atoms with Gasteiger partial charge in [-0.3, -0.25) is 0 Å². The fourth-order valence-electron chi connectivity index (χ4n) is 3.69. The van der Waals surface area contributed by atoms with Crippen molar-refractivity contribution in [3.63, 3.8) is 0 Å². The summed E-state index contributed by atoms with van der Waals surface area (Å²) >= 11 is 5.74. The molecule has 0 aliphatic heterocycles. The molecule has 0 saturated heterocycles. The minimum atomic E-state index is -0.587. The van der Waals surface area contributed by atoms with Crippen LogP contribution in [0.2, 0.25) is 5.02 Å². The molecule has 0 heterocycles. The van der Waals surface area contributed by atoms with Gasteiger partial charge in [-0.2, -0.15) is 0 Å². The second-order valence-corrected chi connectivity index (χ2v) is 7.58. The Bertz CT molecular complexity index is 848. The minimum absolute atomic E-state index is 0.104. The van der Waals surface area contributed by atoms with Crippen molar-refractivity contribution < 1.29 is 13.2 Å². The van der Waals surface area contributed by atoms with Crippen molar-refractivity contribution in [3.8, 4) is 11.8 Å². The van der Waals surface area contributed by atoms with E-state index in [1.807, 2.05) is 13.0 Å². The molecule has 3 rings (SSSR count). The van der Waals surface area contributed by atoms with Gasteiger partial charge >= 0.3 is 0 Å². The molecule has 0 bridgehead atoms. The van der Waals surface area contributed by atoms with Gasteiger partial charge in [-0.25, -0.2) is 13.2 Å². The van der Waals surface area contributed by atoms with E-state index in [0.29, 0.717) is 12.0 Å². The number of aryl methyl sites for hydroxylation is 1. The third kappa shape index (κ3) is 4.87. The molecule has 1 saturated carbocycles. The molecule has 4 heteroatoms. The van der Waals surface area contributed by atoms with E-state index >= 15 is 0 Å². The topological polar surface area (TPSA) is 0 Å². The maximum atomic E-state index is 14.2. The van der Waals surface area contributed by atoms with Gasteiger partial charge < -0.3 is 0 Å². The molecule has 27 heavy (non-hydrogen) atoms. The van der Waals surface area contributed by atoms with Gasteiger partial charge in [0.15, 0.2) is 0 Å². The summed E-state index contributed by atoms with van der Waals surface area (Å²) in [5.41, 5.74) is 1.47. The molecule has 0 amide bonds. The Morgan fingerprint density at radius 2 is 1.63 bits per heavy atom. The predicted octanol–water partition coefficient (Wildman–Crippen LogP) is 7.04. The molecule has 0 unspecified atom stereocenters. The maximum Gasteiger partial charge on any atom is 0.142 e. The van der Waals surface area contributed by atoms with Crippen LogP contribution in [0.3, 0.4) is 0 Å². The highest BCUT2D eigenvalue weighted by Gasteiger charge is 2.22. The van der Waals surface area contributed by atoms with Crippen LogP contribution in [0.4, 0.5) is 13.2 Å². The standard InChI is InChI=1S/C23H22ClF3/c1-2-3-16-12-21(25)19(22(26)13-16)10-6-15-4-7-17(8-5-15)18-9-11-20(24)23(27)14-18/h9,11-15,17H,2-5,7-8H2,1H3/t15-,17-. The summed E-state index contributed by atoms with van der Waals surface area (Å²) < 4.78 is 42.0. The van der Waals surface area contributed by atoms with E-state index in [2.05, 4.69) is 11.8 Å². The third-order valence-electron chi connectivity index (χ3n) is 5.18. The zero-order chi connectivity index (χ0) is 19.4. The van der Waals surface area contributed by atoms with E-state index in [1.165, 1.54) is 18.2 Å². The molecule has 0 radical (unpaired) electrons. The number of hydrogen-bond donors (Lipinski definition) is 0.